The van der Waals surface area contributed by atoms with Crippen LogP contribution in [0.4, 0.5) is 0 Å². The van der Waals surface area contributed by atoms with Crippen LogP contribution in [0.15, 0.2) is 46.5 Å². The Hall–Kier alpha value is -2.43. The molecule has 0 aromatic rings. The first-order valence-electron chi connectivity index (χ1n) is 10.7. The molecule has 5 nitrogen and oxygen atoms in total. The van der Waals surface area contributed by atoms with Gasteiger partial charge < -0.3 is 9.47 Å². The van der Waals surface area contributed by atoms with E-state index in [1.807, 2.05) is 0 Å². The number of esters is 1. The number of hydrogen-bond acceptors (Lipinski definition) is 5. The summed E-state index contributed by atoms with van der Waals surface area (Å²) in [6.45, 7) is 5.54. The Kier molecular flexibility index (Phi) is 6.56. The van der Waals surface area contributed by atoms with Crippen LogP contribution in [0, 0.1) is 0 Å². The van der Waals surface area contributed by atoms with E-state index in [0.29, 0.717) is 22.5 Å². The van der Waals surface area contributed by atoms with Gasteiger partial charge in [0, 0.05) is 17.6 Å². The third kappa shape index (κ3) is 4.29. The molecule has 5 heteroatoms. The number of unbranched alkanes of at least 4 members (excludes halogenated alkanes) is 7. The lowest BCUT2D eigenvalue weighted by Gasteiger charge is -2.31. The molecule has 0 amide bonds. The highest BCUT2D eigenvalue weighted by Gasteiger charge is 2.54. The molecule has 3 aliphatic rings. The minimum Gasteiger partial charge on any atom is -0.469 e. The molecule has 0 saturated heterocycles. The van der Waals surface area contributed by atoms with Crippen molar-refractivity contribution in [1.82, 2.24) is 0 Å². The summed E-state index contributed by atoms with van der Waals surface area (Å²) < 4.78 is 10.9. The lowest BCUT2D eigenvalue weighted by atomic mass is 9.75. The number of rotatable bonds is 10. The van der Waals surface area contributed by atoms with Gasteiger partial charge in [-0.1, -0.05) is 51.9 Å². The van der Waals surface area contributed by atoms with Gasteiger partial charge in [0.05, 0.1) is 6.26 Å². The Labute approximate surface area is 172 Å². The maximum Gasteiger partial charge on any atom is 0.343 e. The predicted octanol–water partition coefficient (Wildman–Crippen LogP) is 5.03. The van der Waals surface area contributed by atoms with E-state index in [9.17, 15) is 14.4 Å². The second-order valence-electron chi connectivity index (χ2n) is 8.19. The molecule has 156 valence electrons. The average molecular weight is 398 g/mol. The van der Waals surface area contributed by atoms with Crippen LogP contribution in [-0.4, -0.2) is 23.1 Å². The first-order chi connectivity index (χ1) is 13.9. The van der Waals surface area contributed by atoms with Crippen molar-refractivity contribution >= 4 is 17.5 Å². The lowest BCUT2D eigenvalue weighted by Crippen LogP contribution is -2.40. The molecule has 29 heavy (non-hydrogen) atoms. The fourth-order valence-corrected chi connectivity index (χ4v) is 4.14. The van der Waals surface area contributed by atoms with Crippen LogP contribution in [0.1, 0.15) is 78.6 Å². The summed E-state index contributed by atoms with van der Waals surface area (Å²) >= 11 is 0. The van der Waals surface area contributed by atoms with Crippen molar-refractivity contribution in [3.63, 3.8) is 0 Å². The zero-order valence-corrected chi connectivity index (χ0v) is 17.6. The van der Waals surface area contributed by atoms with Crippen molar-refractivity contribution in [3.05, 3.63) is 46.5 Å². The van der Waals surface area contributed by atoms with Gasteiger partial charge >= 0.3 is 5.97 Å². The number of hydrogen-bond donors (Lipinski definition) is 0. The van der Waals surface area contributed by atoms with Crippen molar-refractivity contribution in [3.8, 4) is 0 Å². The van der Waals surface area contributed by atoms with Gasteiger partial charge in [-0.05, 0) is 38.0 Å². The van der Waals surface area contributed by atoms with E-state index in [1.54, 1.807) is 19.9 Å². The van der Waals surface area contributed by atoms with Gasteiger partial charge in [0.15, 0.2) is 11.4 Å². The normalized spacial score (nSPS) is 22.9. The highest BCUT2D eigenvalue weighted by molar-refractivity contribution is 6.24. The average Bonchev–Trinajstić information content (AvgIpc) is 2.95. The Balaban J connectivity index is 1.70. The summed E-state index contributed by atoms with van der Waals surface area (Å²) in [5, 5.41) is 0. The van der Waals surface area contributed by atoms with E-state index in [4.69, 9.17) is 9.47 Å². The number of fused-ring (bicyclic) bond motifs is 3. The second kappa shape index (κ2) is 8.93. The Morgan fingerprint density at radius 2 is 1.66 bits per heavy atom. The quantitative estimate of drug-likeness (QED) is 0.293. The van der Waals surface area contributed by atoms with E-state index in [1.165, 1.54) is 44.4 Å². The Bertz CT molecular complexity index is 839. The molecule has 1 atom stereocenters. The summed E-state index contributed by atoms with van der Waals surface area (Å²) in [5.41, 5.74) is 0.166. The smallest absolute Gasteiger partial charge is 0.343 e. The molecule has 0 bridgehead atoms. The van der Waals surface area contributed by atoms with Crippen molar-refractivity contribution in [2.24, 2.45) is 0 Å². The molecule has 0 spiro atoms. The number of allylic oxidation sites excluding steroid dienone is 3. The van der Waals surface area contributed by atoms with E-state index in [2.05, 4.69) is 6.92 Å². The van der Waals surface area contributed by atoms with Crippen molar-refractivity contribution < 1.29 is 23.9 Å². The fourth-order valence-electron chi connectivity index (χ4n) is 4.14. The maximum atomic E-state index is 12.9. The van der Waals surface area contributed by atoms with Crippen LogP contribution in [0.3, 0.4) is 0 Å². The third-order valence-corrected chi connectivity index (χ3v) is 5.82. The van der Waals surface area contributed by atoms with Gasteiger partial charge in [0.25, 0.3) is 0 Å². The van der Waals surface area contributed by atoms with Crippen LogP contribution < -0.4 is 0 Å². The summed E-state index contributed by atoms with van der Waals surface area (Å²) in [4.78, 5) is 38.1. The number of ether oxygens (including phenoxy) is 2. The van der Waals surface area contributed by atoms with Crippen LogP contribution in [-0.2, 0) is 23.9 Å². The minimum atomic E-state index is -1.45. The van der Waals surface area contributed by atoms with Gasteiger partial charge in [0.1, 0.15) is 11.3 Å². The minimum absolute atomic E-state index is 0.0113. The Morgan fingerprint density at radius 1 is 1.00 bits per heavy atom. The molecule has 0 fully saturated rings. The molecule has 2 heterocycles. The van der Waals surface area contributed by atoms with Gasteiger partial charge in [0.2, 0.25) is 5.78 Å². The van der Waals surface area contributed by atoms with E-state index >= 15 is 0 Å². The summed E-state index contributed by atoms with van der Waals surface area (Å²) in [6, 6.07) is 0. The summed E-state index contributed by atoms with van der Waals surface area (Å²) in [7, 11) is 0. The van der Waals surface area contributed by atoms with E-state index < -0.39 is 11.6 Å². The molecule has 0 aromatic carbocycles. The van der Waals surface area contributed by atoms with Crippen molar-refractivity contribution in [1.29, 1.82) is 0 Å². The zero-order valence-electron chi connectivity index (χ0n) is 17.6. The number of carbonyl (C=O) groups is 3. The number of ketones is 2. The van der Waals surface area contributed by atoms with Crippen LogP contribution in [0.2, 0.25) is 0 Å². The molecule has 1 unspecified atom stereocenters. The van der Waals surface area contributed by atoms with Crippen LogP contribution in [0.5, 0.6) is 0 Å². The molecular formula is C24H30O5. The molecule has 0 radical (unpaired) electrons. The van der Waals surface area contributed by atoms with Crippen LogP contribution in [0.25, 0.3) is 0 Å². The molecule has 0 aromatic heterocycles. The summed E-state index contributed by atoms with van der Waals surface area (Å²) in [5.74, 6) is -0.633. The third-order valence-electron chi connectivity index (χ3n) is 5.82. The standard InChI is InChI=1S/C24H30O5/c1-4-5-6-7-8-9-10-11-12-19(25)21-22-18-15-28-16(2)13-17(18)14-20(26)24(22,3)29-23(21)27/h13-15H,4-12H2,1-3H3. The lowest BCUT2D eigenvalue weighted by molar-refractivity contribution is -0.152. The highest BCUT2D eigenvalue weighted by atomic mass is 16.6. The first-order valence-corrected chi connectivity index (χ1v) is 10.7. The number of Topliss-reactive ketones (excluding diaryl/α,β-unsaturated/α-hetero) is 1. The number of carbonyl (C=O) groups excluding carboxylic acids is 3. The van der Waals surface area contributed by atoms with Crippen molar-refractivity contribution in [2.45, 2.75) is 84.2 Å². The van der Waals surface area contributed by atoms with Crippen molar-refractivity contribution in [2.75, 3.05) is 0 Å². The molecule has 1 aliphatic carbocycles. The summed E-state index contributed by atoms with van der Waals surface area (Å²) in [6.07, 6.45) is 14.0. The molecule has 3 rings (SSSR count). The molecule has 2 aliphatic heterocycles. The maximum absolute atomic E-state index is 12.9. The van der Waals surface area contributed by atoms with E-state index in [0.717, 1.165) is 19.3 Å². The Morgan fingerprint density at radius 3 is 2.34 bits per heavy atom. The van der Waals surface area contributed by atoms with Gasteiger partial charge in [-0.3, -0.25) is 9.59 Å². The van der Waals surface area contributed by atoms with Gasteiger partial charge in [-0.15, -0.1) is 0 Å². The topological polar surface area (TPSA) is 69.7 Å². The monoisotopic (exact) mass is 398 g/mol. The largest absolute Gasteiger partial charge is 0.469 e. The highest BCUT2D eigenvalue weighted by Crippen LogP contribution is 2.46. The van der Waals surface area contributed by atoms with Crippen LogP contribution >= 0.6 is 0 Å². The van der Waals surface area contributed by atoms with Gasteiger partial charge in [-0.2, -0.15) is 0 Å². The van der Waals surface area contributed by atoms with Gasteiger partial charge in [-0.25, -0.2) is 4.79 Å². The fraction of sp³-hybridized carbons (Fsp3) is 0.542. The first kappa shape index (κ1) is 21.3. The molecule has 0 N–H and O–H groups in total. The zero-order chi connectivity index (χ0) is 21.0. The second-order valence-corrected chi connectivity index (χ2v) is 8.19. The molecular weight excluding hydrogens is 368 g/mol. The van der Waals surface area contributed by atoms with E-state index in [-0.39, 0.29) is 23.6 Å². The SMILES string of the molecule is CCCCCCCCCCC(=O)C1=C2C3=COC(C)=CC3=CC(=O)C2(C)OC1=O. The molecule has 0 saturated carbocycles. The predicted molar refractivity (Wildman–Crippen MR) is 110 cm³/mol.